The van der Waals surface area contributed by atoms with Gasteiger partial charge in [-0.05, 0) is 20.4 Å². The number of unbranched alkanes of at least 4 members (excludes halogenated alkanes) is 2. The molecule has 0 radical (unpaired) electrons. The number of amides is 1. The normalized spacial score (nSPS) is 12.4. The van der Waals surface area contributed by atoms with Crippen molar-refractivity contribution in [2.45, 2.75) is 45.7 Å². The van der Waals surface area contributed by atoms with Crippen molar-refractivity contribution in [1.82, 2.24) is 25.6 Å². The third-order valence-electron chi connectivity index (χ3n) is 2.77. The molecule has 6 nitrogen and oxygen atoms in total. The Balaban J connectivity index is 2.41. The molecule has 0 bridgehead atoms. The van der Waals surface area contributed by atoms with Crippen molar-refractivity contribution in [3.8, 4) is 0 Å². The predicted molar refractivity (Wildman–Crippen MR) is 70.0 cm³/mol. The maximum atomic E-state index is 11.9. The van der Waals surface area contributed by atoms with Gasteiger partial charge in [0.05, 0.1) is 11.9 Å². The molecule has 0 saturated heterocycles. The molecule has 0 aliphatic rings. The van der Waals surface area contributed by atoms with Gasteiger partial charge in [0.25, 0.3) is 0 Å². The van der Waals surface area contributed by atoms with Gasteiger partial charge in [-0.1, -0.05) is 25.0 Å². The maximum absolute atomic E-state index is 11.9. The lowest BCUT2D eigenvalue weighted by Crippen LogP contribution is -2.32. The first kappa shape index (κ1) is 14.6. The zero-order valence-corrected chi connectivity index (χ0v) is 11.4. The van der Waals surface area contributed by atoms with Gasteiger partial charge in [-0.25, -0.2) is 4.68 Å². The van der Waals surface area contributed by atoms with Gasteiger partial charge in [-0.3, -0.25) is 4.79 Å². The van der Waals surface area contributed by atoms with Gasteiger partial charge < -0.3 is 10.6 Å². The van der Waals surface area contributed by atoms with Crippen LogP contribution in [0.2, 0.25) is 0 Å². The van der Waals surface area contributed by atoms with E-state index >= 15 is 0 Å². The molecule has 2 N–H and O–H groups in total. The van der Waals surface area contributed by atoms with Gasteiger partial charge in [0.2, 0.25) is 5.91 Å². The zero-order valence-electron chi connectivity index (χ0n) is 11.4. The number of hydrogen-bond acceptors (Lipinski definition) is 4. The predicted octanol–water partition coefficient (Wildman–Crippen LogP) is 0.865. The molecule has 1 atom stereocenters. The molecule has 6 heteroatoms. The van der Waals surface area contributed by atoms with Crippen molar-refractivity contribution in [3.63, 3.8) is 0 Å². The third-order valence-corrected chi connectivity index (χ3v) is 2.77. The van der Waals surface area contributed by atoms with Gasteiger partial charge in [0.15, 0.2) is 0 Å². The number of rotatable bonds is 8. The highest BCUT2D eigenvalue weighted by atomic mass is 16.2. The van der Waals surface area contributed by atoms with Crippen LogP contribution in [-0.4, -0.2) is 34.5 Å². The summed E-state index contributed by atoms with van der Waals surface area (Å²) in [5, 5.41) is 13.9. The van der Waals surface area contributed by atoms with Gasteiger partial charge in [-0.15, -0.1) is 5.10 Å². The lowest BCUT2D eigenvalue weighted by atomic mass is 10.2. The van der Waals surface area contributed by atoms with E-state index in [1.165, 1.54) is 0 Å². The summed E-state index contributed by atoms with van der Waals surface area (Å²) in [6.07, 6.45) is 5.12. The monoisotopic (exact) mass is 253 g/mol. The number of hydrogen-bond donors (Lipinski definition) is 2. The van der Waals surface area contributed by atoms with E-state index in [0.29, 0.717) is 6.54 Å². The number of aromatic nitrogens is 3. The Morgan fingerprint density at radius 2 is 2.28 bits per heavy atom. The molecule has 1 aromatic rings. The smallest absolute Gasteiger partial charge is 0.244 e. The molecule has 1 aromatic heterocycles. The van der Waals surface area contributed by atoms with E-state index in [4.69, 9.17) is 0 Å². The van der Waals surface area contributed by atoms with Crippen LogP contribution in [0.15, 0.2) is 6.20 Å². The maximum Gasteiger partial charge on any atom is 0.244 e. The Morgan fingerprint density at radius 1 is 1.50 bits per heavy atom. The van der Waals surface area contributed by atoms with Crippen LogP contribution in [0.25, 0.3) is 0 Å². The second-order valence-corrected chi connectivity index (χ2v) is 4.39. The first-order valence-electron chi connectivity index (χ1n) is 6.52. The summed E-state index contributed by atoms with van der Waals surface area (Å²) in [6, 6.07) is -0.315. The molecule has 0 spiro atoms. The standard InChI is InChI=1S/C12H23N5O/c1-4-5-6-7-14-12(18)10(2)17-9-11(8-13-3)15-16-17/h9-10,13H,4-8H2,1-3H3,(H,14,18). The minimum absolute atomic E-state index is 0.00740. The molecule has 1 unspecified atom stereocenters. The highest BCUT2D eigenvalue weighted by molar-refractivity contribution is 5.79. The largest absolute Gasteiger partial charge is 0.354 e. The van der Waals surface area contributed by atoms with E-state index < -0.39 is 0 Å². The minimum atomic E-state index is -0.315. The van der Waals surface area contributed by atoms with Crippen LogP contribution >= 0.6 is 0 Å². The Morgan fingerprint density at radius 3 is 2.94 bits per heavy atom. The number of nitrogens with one attached hydrogen (secondary N) is 2. The van der Waals surface area contributed by atoms with Gasteiger partial charge in [0.1, 0.15) is 6.04 Å². The molecule has 0 aliphatic heterocycles. The molecular formula is C12H23N5O. The van der Waals surface area contributed by atoms with Crippen LogP contribution in [0.4, 0.5) is 0 Å². The number of nitrogens with zero attached hydrogens (tertiary/aromatic N) is 3. The van der Waals surface area contributed by atoms with Crippen molar-refractivity contribution in [2.75, 3.05) is 13.6 Å². The van der Waals surface area contributed by atoms with E-state index in [-0.39, 0.29) is 11.9 Å². The van der Waals surface area contributed by atoms with Crippen LogP contribution in [0, 0.1) is 0 Å². The number of carbonyl (C=O) groups excluding carboxylic acids is 1. The van der Waals surface area contributed by atoms with Crippen molar-refractivity contribution in [2.24, 2.45) is 0 Å². The highest BCUT2D eigenvalue weighted by Crippen LogP contribution is 2.04. The molecule has 1 amide bonds. The van der Waals surface area contributed by atoms with E-state index in [1.807, 2.05) is 14.0 Å². The van der Waals surface area contributed by atoms with Crippen LogP contribution in [0.1, 0.15) is 44.8 Å². The van der Waals surface area contributed by atoms with Crippen LogP contribution in [-0.2, 0) is 11.3 Å². The summed E-state index contributed by atoms with van der Waals surface area (Å²) in [7, 11) is 1.85. The first-order valence-corrected chi connectivity index (χ1v) is 6.52. The molecule has 0 aliphatic carbocycles. The second kappa shape index (κ2) is 7.81. The van der Waals surface area contributed by atoms with E-state index in [1.54, 1.807) is 10.9 Å². The van der Waals surface area contributed by atoms with E-state index in [0.717, 1.165) is 31.5 Å². The fraction of sp³-hybridized carbons (Fsp3) is 0.750. The van der Waals surface area contributed by atoms with E-state index in [9.17, 15) is 4.79 Å². The van der Waals surface area contributed by atoms with Crippen molar-refractivity contribution >= 4 is 5.91 Å². The van der Waals surface area contributed by atoms with Crippen LogP contribution < -0.4 is 10.6 Å². The molecule has 0 saturated carbocycles. The van der Waals surface area contributed by atoms with Crippen LogP contribution in [0.5, 0.6) is 0 Å². The Bertz CT molecular complexity index is 363. The lowest BCUT2D eigenvalue weighted by molar-refractivity contribution is -0.124. The topological polar surface area (TPSA) is 71.8 Å². The summed E-state index contributed by atoms with van der Waals surface area (Å²) in [5.74, 6) is -0.00740. The molecule has 1 heterocycles. The number of carbonyl (C=O) groups is 1. The highest BCUT2D eigenvalue weighted by Gasteiger charge is 2.15. The SMILES string of the molecule is CCCCCNC(=O)C(C)n1cc(CNC)nn1. The summed E-state index contributed by atoms with van der Waals surface area (Å²) in [5.41, 5.74) is 0.836. The summed E-state index contributed by atoms with van der Waals surface area (Å²) >= 11 is 0. The van der Waals surface area contributed by atoms with Gasteiger partial charge >= 0.3 is 0 Å². The van der Waals surface area contributed by atoms with Gasteiger partial charge in [-0.2, -0.15) is 0 Å². The molecular weight excluding hydrogens is 230 g/mol. The minimum Gasteiger partial charge on any atom is -0.354 e. The molecule has 0 aromatic carbocycles. The average molecular weight is 253 g/mol. The Labute approximate surface area is 108 Å². The van der Waals surface area contributed by atoms with Crippen molar-refractivity contribution < 1.29 is 4.79 Å². The lowest BCUT2D eigenvalue weighted by Gasteiger charge is -2.11. The fourth-order valence-corrected chi connectivity index (χ4v) is 1.62. The molecule has 18 heavy (non-hydrogen) atoms. The average Bonchev–Trinajstić information content (AvgIpc) is 2.82. The molecule has 1 rings (SSSR count). The Kier molecular flexibility index (Phi) is 6.35. The van der Waals surface area contributed by atoms with Crippen LogP contribution in [0.3, 0.4) is 0 Å². The zero-order chi connectivity index (χ0) is 13.4. The fourth-order valence-electron chi connectivity index (χ4n) is 1.62. The quantitative estimate of drug-likeness (QED) is 0.674. The van der Waals surface area contributed by atoms with Gasteiger partial charge in [0, 0.05) is 13.1 Å². The summed E-state index contributed by atoms with van der Waals surface area (Å²) < 4.78 is 1.60. The third kappa shape index (κ3) is 4.44. The molecule has 0 fully saturated rings. The summed E-state index contributed by atoms with van der Waals surface area (Å²) in [6.45, 7) is 5.36. The Hall–Kier alpha value is -1.43. The summed E-state index contributed by atoms with van der Waals surface area (Å²) in [4.78, 5) is 11.9. The second-order valence-electron chi connectivity index (χ2n) is 4.39. The van der Waals surface area contributed by atoms with E-state index in [2.05, 4.69) is 27.9 Å². The first-order chi connectivity index (χ1) is 8.69. The molecule has 102 valence electrons. The van der Waals surface area contributed by atoms with Crippen molar-refractivity contribution in [1.29, 1.82) is 0 Å². The van der Waals surface area contributed by atoms with Crippen molar-refractivity contribution in [3.05, 3.63) is 11.9 Å².